The minimum atomic E-state index is -1.13. The van der Waals surface area contributed by atoms with Crippen LogP contribution < -0.4 is 0 Å². The summed E-state index contributed by atoms with van der Waals surface area (Å²) in [4.78, 5) is 26.8. The van der Waals surface area contributed by atoms with Crippen molar-refractivity contribution < 1.29 is 23.8 Å². The number of carboxylic acids is 1. The molecule has 1 aromatic carbocycles. The zero-order valence-corrected chi connectivity index (χ0v) is 12.0. The fourth-order valence-electron chi connectivity index (χ4n) is 1.67. The van der Waals surface area contributed by atoms with E-state index in [1.54, 1.807) is 13.0 Å². The maximum absolute atomic E-state index is 11.7. The Kier molecular flexibility index (Phi) is 4.19. The average molecular weight is 340 g/mol. The van der Waals surface area contributed by atoms with Gasteiger partial charge in [-0.3, -0.25) is 0 Å². The lowest BCUT2D eigenvalue weighted by molar-refractivity contribution is 0.0519. The summed E-state index contributed by atoms with van der Waals surface area (Å²) in [5.41, 5.74) is 0.222. The van der Waals surface area contributed by atoms with Gasteiger partial charge in [0.25, 0.3) is 0 Å². The minimum Gasteiger partial charge on any atom is -0.478 e. The van der Waals surface area contributed by atoms with Crippen LogP contribution in [0.4, 0.5) is 0 Å². The summed E-state index contributed by atoms with van der Waals surface area (Å²) in [5.74, 6) is -1.71. The van der Waals surface area contributed by atoms with Gasteiger partial charge in [0.1, 0.15) is 0 Å². The molecule has 1 heterocycles. The van der Waals surface area contributed by atoms with Gasteiger partial charge in [-0.15, -0.1) is 0 Å². The van der Waals surface area contributed by atoms with Crippen molar-refractivity contribution in [3.63, 3.8) is 0 Å². The highest BCUT2D eigenvalue weighted by Crippen LogP contribution is 2.29. The van der Waals surface area contributed by atoms with Gasteiger partial charge in [0.2, 0.25) is 0 Å². The van der Waals surface area contributed by atoms with Gasteiger partial charge in [0, 0.05) is 10.0 Å². The monoisotopic (exact) mass is 339 g/mol. The SMILES string of the molecule is CCOC(=O)c1ncoc1-c1ccc(Br)cc1C(=O)O. The molecule has 0 radical (unpaired) electrons. The summed E-state index contributed by atoms with van der Waals surface area (Å²) in [6.45, 7) is 1.86. The number of ether oxygens (including phenoxy) is 1. The number of benzene rings is 1. The average Bonchev–Trinajstić information content (AvgIpc) is 2.88. The van der Waals surface area contributed by atoms with E-state index in [1.807, 2.05) is 0 Å². The standard InChI is InChI=1S/C13H10BrNO5/c1-2-19-13(18)10-11(20-6-15-10)8-4-3-7(14)5-9(8)12(16)17/h3-6H,2H2,1H3,(H,16,17). The van der Waals surface area contributed by atoms with Crippen LogP contribution >= 0.6 is 15.9 Å². The van der Waals surface area contributed by atoms with Crippen LogP contribution in [0.25, 0.3) is 11.3 Å². The molecule has 0 spiro atoms. The molecule has 0 saturated heterocycles. The van der Waals surface area contributed by atoms with Crippen molar-refractivity contribution in [3.8, 4) is 11.3 Å². The smallest absolute Gasteiger partial charge is 0.360 e. The molecular weight excluding hydrogens is 330 g/mol. The second kappa shape index (κ2) is 5.87. The number of halogens is 1. The highest BCUT2D eigenvalue weighted by molar-refractivity contribution is 9.10. The number of nitrogens with zero attached hydrogens (tertiary/aromatic N) is 1. The molecule has 1 aromatic heterocycles. The topological polar surface area (TPSA) is 89.6 Å². The van der Waals surface area contributed by atoms with Gasteiger partial charge in [-0.25, -0.2) is 14.6 Å². The van der Waals surface area contributed by atoms with Gasteiger partial charge in [-0.05, 0) is 25.1 Å². The predicted molar refractivity (Wildman–Crippen MR) is 72.6 cm³/mol. The first kappa shape index (κ1) is 14.3. The Morgan fingerprint density at radius 1 is 1.45 bits per heavy atom. The third-order valence-corrected chi connectivity index (χ3v) is 2.99. The Morgan fingerprint density at radius 2 is 2.20 bits per heavy atom. The first-order valence-corrected chi connectivity index (χ1v) is 6.47. The predicted octanol–water partition coefficient (Wildman–Crippen LogP) is 2.98. The number of hydrogen-bond acceptors (Lipinski definition) is 5. The van der Waals surface area contributed by atoms with Gasteiger partial charge in [0.05, 0.1) is 12.2 Å². The Balaban J connectivity index is 2.55. The van der Waals surface area contributed by atoms with E-state index >= 15 is 0 Å². The van der Waals surface area contributed by atoms with Crippen LogP contribution in [-0.2, 0) is 4.74 Å². The van der Waals surface area contributed by atoms with E-state index in [4.69, 9.17) is 9.15 Å². The first-order chi connectivity index (χ1) is 9.54. The van der Waals surface area contributed by atoms with Crippen molar-refractivity contribution in [1.82, 2.24) is 4.98 Å². The first-order valence-electron chi connectivity index (χ1n) is 5.68. The van der Waals surface area contributed by atoms with E-state index in [9.17, 15) is 14.7 Å². The van der Waals surface area contributed by atoms with E-state index in [2.05, 4.69) is 20.9 Å². The lowest BCUT2D eigenvalue weighted by Crippen LogP contribution is -2.07. The third kappa shape index (κ3) is 2.72. The van der Waals surface area contributed by atoms with E-state index in [0.29, 0.717) is 4.47 Å². The van der Waals surface area contributed by atoms with Crippen LogP contribution in [0.5, 0.6) is 0 Å². The third-order valence-electron chi connectivity index (χ3n) is 2.49. The Bertz CT molecular complexity index is 665. The summed E-state index contributed by atoms with van der Waals surface area (Å²) >= 11 is 3.20. The van der Waals surface area contributed by atoms with E-state index < -0.39 is 11.9 Å². The number of carboxylic acid groups (broad SMARTS) is 1. The molecule has 0 aliphatic rings. The van der Waals surface area contributed by atoms with Gasteiger partial charge in [-0.1, -0.05) is 15.9 Å². The molecule has 0 fully saturated rings. The second-order valence-corrected chi connectivity index (χ2v) is 4.66. The van der Waals surface area contributed by atoms with Crippen LogP contribution in [0.3, 0.4) is 0 Å². The molecule has 0 aliphatic carbocycles. The van der Waals surface area contributed by atoms with Crippen LogP contribution in [0.1, 0.15) is 27.8 Å². The Labute approximate surface area is 122 Å². The number of oxazole rings is 1. The zero-order valence-electron chi connectivity index (χ0n) is 10.4. The van der Waals surface area contributed by atoms with Crippen LogP contribution in [0.2, 0.25) is 0 Å². The molecule has 1 N–H and O–H groups in total. The molecule has 0 aliphatic heterocycles. The number of aromatic carboxylic acids is 1. The minimum absolute atomic E-state index is 0.00155. The number of esters is 1. The maximum atomic E-state index is 11.7. The van der Waals surface area contributed by atoms with E-state index in [1.165, 1.54) is 12.1 Å². The molecule has 6 nitrogen and oxygen atoms in total. The number of rotatable bonds is 4. The zero-order chi connectivity index (χ0) is 14.7. The fraction of sp³-hybridized carbons (Fsp3) is 0.154. The molecule has 0 unspecified atom stereocenters. The van der Waals surface area contributed by atoms with Crippen molar-refractivity contribution in [1.29, 1.82) is 0 Å². The molecule has 7 heteroatoms. The van der Waals surface area contributed by atoms with E-state index in [-0.39, 0.29) is 29.2 Å². The Morgan fingerprint density at radius 3 is 2.85 bits per heavy atom. The summed E-state index contributed by atoms with van der Waals surface area (Å²) in [6, 6.07) is 4.62. The number of hydrogen-bond donors (Lipinski definition) is 1. The van der Waals surface area contributed by atoms with E-state index in [0.717, 1.165) is 6.39 Å². The number of aromatic nitrogens is 1. The molecule has 0 atom stereocenters. The molecule has 0 amide bonds. The molecular formula is C13H10BrNO5. The lowest BCUT2D eigenvalue weighted by atomic mass is 10.0. The van der Waals surface area contributed by atoms with Gasteiger partial charge < -0.3 is 14.3 Å². The lowest BCUT2D eigenvalue weighted by Gasteiger charge is -2.05. The molecule has 0 saturated carbocycles. The largest absolute Gasteiger partial charge is 0.478 e. The molecule has 104 valence electrons. The molecule has 2 aromatic rings. The van der Waals surface area contributed by atoms with Crippen molar-refractivity contribution >= 4 is 27.9 Å². The maximum Gasteiger partial charge on any atom is 0.360 e. The van der Waals surface area contributed by atoms with Gasteiger partial charge in [0.15, 0.2) is 17.8 Å². The summed E-state index contributed by atoms with van der Waals surface area (Å²) in [5, 5.41) is 9.22. The molecule has 0 bridgehead atoms. The van der Waals surface area contributed by atoms with Crippen molar-refractivity contribution in [2.45, 2.75) is 6.92 Å². The highest BCUT2D eigenvalue weighted by atomic mass is 79.9. The summed E-state index contributed by atoms with van der Waals surface area (Å²) in [7, 11) is 0. The summed E-state index contributed by atoms with van der Waals surface area (Å²) < 4.78 is 10.6. The van der Waals surface area contributed by atoms with Crippen molar-refractivity contribution in [2.75, 3.05) is 6.61 Å². The van der Waals surface area contributed by atoms with Crippen molar-refractivity contribution in [2.24, 2.45) is 0 Å². The van der Waals surface area contributed by atoms with Gasteiger partial charge in [-0.2, -0.15) is 0 Å². The highest BCUT2D eigenvalue weighted by Gasteiger charge is 2.23. The van der Waals surface area contributed by atoms with Crippen LogP contribution in [-0.4, -0.2) is 28.6 Å². The number of carbonyl (C=O) groups is 2. The van der Waals surface area contributed by atoms with Crippen LogP contribution in [0, 0.1) is 0 Å². The quantitative estimate of drug-likeness (QED) is 0.861. The second-order valence-electron chi connectivity index (χ2n) is 3.75. The van der Waals surface area contributed by atoms with Gasteiger partial charge >= 0.3 is 11.9 Å². The van der Waals surface area contributed by atoms with Crippen LogP contribution in [0.15, 0.2) is 33.5 Å². The fourth-order valence-corrected chi connectivity index (χ4v) is 2.03. The normalized spacial score (nSPS) is 10.3. The van der Waals surface area contributed by atoms with Crippen molar-refractivity contribution in [3.05, 3.63) is 40.3 Å². The summed E-state index contributed by atoms with van der Waals surface area (Å²) in [6.07, 6.45) is 1.08. The Hall–Kier alpha value is -2.15. The number of carbonyl (C=O) groups excluding carboxylic acids is 1. The molecule has 20 heavy (non-hydrogen) atoms. The molecule has 2 rings (SSSR count).